The standard InChI is InChI=1S/C17H18N2O/c1-18-11-5-7-13-6-4-10-16-14(13)12-19-15-8-2-3-9-17(15)20-16/h2-4,6,8-10,12,18H,5,7,11H2,1H3. The van der Waals surface area contributed by atoms with Crippen LogP contribution in [-0.2, 0) is 6.42 Å². The van der Waals surface area contributed by atoms with Gasteiger partial charge in [-0.25, -0.2) is 0 Å². The number of rotatable bonds is 4. The van der Waals surface area contributed by atoms with Gasteiger partial charge in [-0.2, -0.15) is 0 Å². The average Bonchev–Trinajstić information content (AvgIpc) is 2.67. The number of para-hydroxylation sites is 2. The number of aryl methyl sites for hydroxylation is 1. The Balaban J connectivity index is 1.94. The molecule has 0 fully saturated rings. The number of ether oxygens (including phenoxy) is 1. The molecule has 0 saturated heterocycles. The van der Waals surface area contributed by atoms with Crippen molar-refractivity contribution in [2.75, 3.05) is 13.6 Å². The van der Waals surface area contributed by atoms with Crippen LogP contribution < -0.4 is 10.1 Å². The molecule has 0 atom stereocenters. The third-order valence-electron chi connectivity index (χ3n) is 3.45. The summed E-state index contributed by atoms with van der Waals surface area (Å²) < 4.78 is 6.01. The fourth-order valence-corrected chi connectivity index (χ4v) is 2.40. The zero-order valence-corrected chi connectivity index (χ0v) is 11.6. The van der Waals surface area contributed by atoms with Crippen LogP contribution in [0.2, 0.25) is 0 Å². The molecule has 3 nitrogen and oxygen atoms in total. The zero-order valence-electron chi connectivity index (χ0n) is 11.6. The lowest BCUT2D eigenvalue weighted by molar-refractivity contribution is 0.484. The van der Waals surface area contributed by atoms with Crippen molar-refractivity contribution in [3.8, 4) is 11.5 Å². The Kier molecular flexibility index (Phi) is 3.79. The lowest BCUT2D eigenvalue weighted by atomic mass is 10.0. The molecule has 0 radical (unpaired) electrons. The van der Waals surface area contributed by atoms with Crippen LogP contribution in [0.3, 0.4) is 0 Å². The summed E-state index contributed by atoms with van der Waals surface area (Å²) in [6, 6.07) is 14.1. The van der Waals surface area contributed by atoms with Crippen LogP contribution in [-0.4, -0.2) is 19.8 Å². The fourth-order valence-electron chi connectivity index (χ4n) is 2.40. The van der Waals surface area contributed by atoms with Gasteiger partial charge in [-0.1, -0.05) is 24.3 Å². The molecule has 0 aromatic heterocycles. The van der Waals surface area contributed by atoms with E-state index in [1.165, 1.54) is 5.56 Å². The Hall–Kier alpha value is -2.13. The third kappa shape index (κ3) is 2.58. The number of fused-ring (bicyclic) bond motifs is 2. The molecule has 0 saturated carbocycles. The van der Waals surface area contributed by atoms with Crippen molar-refractivity contribution in [2.24, 2.45) is 4.99 Å². The van der Waals surface area contributed by atoms with Crippen LogP contribution in [0.25, 0.3) is 0 Å². The summed E-state index contributed by atoms with van der Waals surface area (Å²) in [6.07, 6.45) is 4.05. The van der Waals surface area contributed by atoms with Crippen LogP contribution in [0.1, 0.15) is 17.5 Å². The lowest BCUT2D eigenvalue weighted by Gasteiger charge is -2.11. The highest BCUT2D eigenvalue weighted by atomic mass is 16.5. The zero-order chi connectivity index (χ0) is 13.8. The van der Waals surface area contributed by atoms with Gasteiger partial charge >= 0.3 is 0 Å². The molecule has 1 aliphatic rings. The molecule has 2 aromatic carbocycles. The molecule has 0 amide bonds. The van der Waals surface area contributed by atoms with E-state index >= 15 is 0 Å². The van der Waals surface area contributed by atoms with Crippen LogP contribution in [0.4, 0.5) is 5.69 Å². The second-order valence-electron chi connectivity index (χ2n) is 4.86. The number of nitrogens with one attached hydrogen (secondary N) is 1. The number of nitrogens with zero attached hydrogens (tertiary/aromatic N) is 1. The molecule has 3 rings (SSSR count). The highest BCUT2D eigenvalue weighted by molar-refractivity contribution is 5.89. The first-order valence-electron chi connectivity index (χ1n) is 6.96. The molecule has 0 bridgehead atoms. The van der Waals surface area contributed by atoms with Crippen molar-refractivity contribution in [2.45, 2.75) is 12.8 Å². The molecule has 20 heavy (non-hydrogen) atoms. The summed E-state index contributed by atoms with van der Waals surface area (Å²) in [6.45, 7) is 1.02. The SMILES string of the molecule is CNCCCc1cccc2c1C=Nc1ccccc1O2. The minimum atomic E-state index is 0.815. The number of hydrogen-bond donors (Lipinski definition) is 1. The smallest absolute Gasteiger partial charge is 0.153 e. The molecule has 3 heteroatoms. The van der Waals surface area contributed by atoms with E-state index < -0.39 is 0 Å². The van der Waals surface area contributed by atoms with Crippen molar-refractivity contribution >= 4 is 11.9 Å². The van der Waals surface area contributed by atoms with Crippen molar-refractivity contribution in [1.82, 2.24) is 5.32 Å². The van der Waals surface area contributed by atoms with Crippen molar-refractivity contribution < 1.29 is 4.74 Å². The quantitative estimate of drug-likeness (QED) is 0.731. The van der Waals surface area contributed by atoms with E-state index in [-0.39, 0.29) is 0 Å². The first-order valence-corrected chi connectivity index (χ1v) is 6.96. The Morgan fingerprint density at radius 3 is 2.80 bits per heavy atom. The predicted octanol–water partition coefficient (Wildman–Crippen LogP) is 3.69. The van der Waals surface area contributed by atoms with E-state index in [0.29, 0.717) is 0 Å². The summed E-state index contributed by atoms with van der Waals surface area (Å²) in [4.78, 5) is 4.55. The van der Waals surface area contributed by atoms with Crippen molar-refractivity contribution in [1.29, 1.82) is 0 Å². The fraction of sp³-hybridized carbons (Fsp3) is 0.235. The van der Waals surface area contributed by atoms with Gasteiger partial charge in [-0.15, -0.1) is 0 Å². The van der Waals surface area contributed by atoms with Gasteiger partial charge in [0, 0.05) is 11.8 Å². The Morgan fingerprint density at radius 1 is 1.05 bits per heavy atom. The first kappa shape index (κ1) is 12.9. The van der Waals surface area contributed by atoms with E-state index in [0.717, 1.165) is 42.1 Å². The minimum Gasteiger partial charge on any atom is -0.454 e. The molecular formula is C17H18N2O. The summed E-state index contributed by atoms with van der Waals surface area (Å²) in [5.74, 6) is 1.70. The molecule has 0 aliphatic carbocycles. The van der Waals surface area contributed by atoms with Gasteiger partial charge in [0.1, 0.15) is 11.4 Å². The van der Waals surface area contributed by atoms with Crippen molar-refractivity contribution in [3.05, 3.63) is 53.6 Å². The number of aliphatic imine (C=N–C) groups is 1. The van der Waals surface area contributed by atoms with E-state index in [1.54, 1.807) is 0 Å². The number of hydrogen-bond acceptors (Lipinski definition) is 3. The lowest BCUT2D eigenvalue weighted by Crippen LogP contribution is -2.09. The van der Waals surface area contributed by atoms with E-state index in [9.17, 15) is 0 Å². The topological polar surface area (TPSA) is 33.6 Å². The van der Waals surface area contributed by atoms with Gasteiger partial charge in [-0.3, -0.25) is 4.99 Å². The van der Waals surface area contributed by atoms with E-state index in [4.69, 9.17) is 4.74 Å². The summed E-state index contributed by atoms with van der Waals surface area (Å²) >= 11 is 0. The molecule has 1 heterocycles. The van der Waals surface area contributed by atoms with Gasteiger partial charge < -0.3 is 10.1 Å². The third-order valence-corrected chi connectivity index (χ3v) is 3.45. The first-order chi connectivity index (χ1) is 9.88. The Morgan fingerprint density at radius 2 is 1.90 bits per heavy atom. The van der Waals surface area contributed by atoms with Crippen molar-refractivity contribution in [3.63, 3.8) is 0 Å². The highest BCUT2D eigenvalue weighted by Crippen LogP contribution is 2.36. The van der Waals surface area contributed by atoms with E-state index in [2.05, 4.69) is 22.4 Å². The minimum absolute atomic E-state index is 0.815. The maximum atomic E-state index is 6.01. The summed E-state index contributed by atoms with van der Waals surface area (Å²) in [5.41, 5.74) is 3.26. The molecule has 1 N–H and O–H groups in total. The van der Waals surface area contributed by atoms with Crippen LogP contribution in [0.5, 0.6) is 11.5 Å². The van der Waals surface area contributed by atoms with Gasteiger partial charge in [0.15, 0.2) is 5.75 Å². The Labute approximate surface area is 119 Å². The summed E-state index contributed by atoms with van der Waals surface area (Å²) in [7, 11) is 1.98. The van der Waals surface area contributed by atoms with Gasteiger partial charge in [0.05, 0.1) is 0 Å². The average molecular weight is 266 g/mol. The maximum absolute atomic E-state index is 6.01. The Bertz CT molecular complexity index is 635. The number of benzene rings is 2. The molecule has 102 valence electrons. The van der Waals surface area contributed by atoms with Gasteiger partial charge in [-0.05, 0) is 50.2 Å². The predicted molar refractivity (Wildman–Crippen MR) is 82.5 cm³/mol. The molecule has 0 spiro atoms. The molecule has 2 aromatic rings. The molecular weight excluding hydrogens is 248 g/mol. The second kappa shape index (κ2) is 5.88. The van der Waals surface area contributed by atoms with E-state index in [1.807, 2.05) is 43.6 Å². The maximum Gasteiger partial charge on any atom is 0.153 e. The van der Waals surface area contributed by atoms with Crippen LogP contribution >= 0.6 is 0 Å². The normalized spacial score (nSPS) is 12.2. The monoisotopic (exact) mass is 266 g/mol. The molecule has 0 unspecified atom stereocenters. The van der Waals surface area contributed by atoms with Crippen LogP contribution in [0, 0.1) is 0 Å². The van der Waals surface area contributed by atoms with Crippen LogP contribution in [0.15, 0.2) is 47.5 Å². The summed E-state index contributed by atoms with van der Waals surface area (Å²) in [5, 5.41) is 3.18. The second-order valence-corrected chi connectivity index (χ2v) is 4.86. The highest BCUT2D eigenvalue weighted by Gasteiger charge is 2.13. The van der Waals surface area contributed by atoms with Gasteiger partial charge in [0.25, 0.3) is 0 Å². The molecule has 1 aliphatic heterocycles. The largest absolute Gasteiger partial charge is 0.454 e. The van der Waals surface area contributed by atoms with Gasteiger partial charge in [0.2, 0.25) is 0 Å².